The van der Waals surface area contributed by atoms with Gasteiger partial charge in [0.25, 0.3) is 0 Å². The second kappa shape index (κ2) is 4.45. The second-order valence-electron chi connectivity index (χ2n) is 3.03. The SMILES string of the molecule is NCc1cn(CCCC(F)(F)F)cn1. The number of imidazole rings is 1. The molecule has 0 aliphatic heterocycles. The molecule has 0 aliphatic rings. The molecule has 1 aromatic heterocycles. The van der Waals surface area contributed by atoms with Gasteiger partial charge in [0.1, 0.15) is 0 Å². The van der Waals surface area contributed by atoms with Crippen LogP contribution < -0.4 is 5.73 Å². The van der Waals surface area contributed by atoms with Gasteiger partial charge in [-0.2, -0.15) is 13.2 Å². The topological polar surface area (TPSA) is 43.8 Å². The van der Waals surface area contributed by atoms with Crippen LogP contribution in [0.25, 0.3) is 0 Å². The van der Waals surface area contributed by atoms with Gasteiger partial charge in [0.2, 0.25) is 0 Å². The van der Waals surface area contributed by atoms with E-state index in [1.165, 1.54) is 6.33 Å². The highest BCUT2D eigenvalue weighted by Crippen LogP contribution is 2.21. The Bertz CT molecular complexity index is 280. The van der Waals surface area contributed by atoms with E-state index >= 15 is 0 Å². The van der Waals surface area contributed by atoms with Crippen LogP contribution in [0.1, 0.15) is 18.5 Å². The molecule has 80 valence electrons. The molecule has 0 aliphatic carbocycles. The van der Waals surface area contributed by atoms with Crippen LogP contribution in [0.15, 0.2) is 12.5 Å². The van der Waals surface area contributed by atoms with Gasteiger partial charge in [0, 0.05) is 25.7 Å². The minimum absolute atomic E-state index is 0.0733. The number of nitrogens with zero attached hydrogens (tertiary/aromatic N) is 2. The van der Waals surface area contributed by atoms with Crippen molar-refractivity contribution in [2.75, 3.05) is 0 Å². The number of hydrogen-bond acceptors (Lipinski definition) is 2. The summed E-state index contributed by atoms with van der Waals surface area (Å²) in [6.45, 7) is 0.638. The van der Waals surface area contributed by atoms with Crippen molar-refractivity contribution in [3.63, 3.8) is 0 Å². The average molecular weight is 207 g/mol. The second-order valence-corrected chi connectivity index (χ2v) is 3.03. The van der Waals surface area contributed by atoms with Crippen LogP contribution >= 0.6 is 0 Å². The number of alkyl halides is 3. The first-order valence-corrected chi connectivity index (χ1v) is 4.29. The van der Waals surface area contributed by atoms with Crippen LogP contribution in [-0.2, 0) is 13.1 Å². The van der Waals surface area contributed by atoms with Crippen molar-refractivity contribution in [1.82, 2.24) is 9.55 Å². The van der Waals surface area contributed by atoms with Gasteiger partial charge in [-0.25, -0.2) is 4.98 Å². The van der Waals surface area contributed by atoms with E-state index in [1.807, 2.05) is 0 Å². The van der Waals surface area contributed by atoms with Crippen molar-refractivity contribution in [1.29, 1.82) is 0 Å². The molecule has 0 radical (unpaired) electrons. The molecule has 0 saturated carbocycles. The van der Waals surface area contributed by atoms with Gasteiger partial charge < -0.3 is 10.3 Å². The molecule has 1 rings (SSSR count). The Morgan fingerprint density at radius 2 is 2.14 bits per heavy atom. The highest BCUT2D eigenvalue weighted by Gasteiger charge is 2.25. The lowest BCUT2D eigenvalue weighted by atomic mass is 10.3. The summed E-state index contributed by atoms with van der Waals surface area (Å²) >= 11 is 0. The van der Waals surface area contributed by atoms with Crippen LogP contribution in [0.4, 0.5) is 13.2 Å². The average Bonchev–Trinajstić information content (AvgIpc) is 2.50. The van der Waals surface area contributed by atoms with E-state index < -0.39 is 12.6 Å². The Hall–Kier alpha value is -1.04. The Balaban J connectivity index is 2.31. The Morgan fingerprint density at radius 1 is 1.43 bits per heavy atom. The predicted octanol–water partition coefficient (Wildman–Crippen LogP) is 1.68. The van der Waals surface area contributed by atoms with E-state index in [1.54, 1.807) is 10.8 Å². The number of aryl methyl sites for hydroxylation is 1. The highest BCUT2D eigenvalue weighted by molar-refractivity contribution is 4.95. The number of aromatic nitrogens is 2. The maximum absolute atomic E-state index is 11.8. The third-order valence-corrected chi connectivity index (χ3v) is 1.77. The quantitative estimate of drug-likeness (QED) is 0.816. The summed E-state index contributed by atoms with van der Waals surface area (Å²) in [6, 6.07) is 0. The van der Waals surface area contributed by atoms with E-state index in [4.69, 9.17) is 5.73 Å². The van der Waals surface area contributed by atoms with Crippen molar-refractivity contribution in [2.45, 2.75) is 32.1 Å². The number of rotatable bonds is 4. The fourth-order valence-electron chi connectivity index (χ4n) is 1.10. The lowest BCUT2D eigenvalue weighted by Gasteiger charge is -2.05. The molecule has 0 fully saturated rings. The third-order valence-electron chi connectivity index (χ3n) is 1.77. The van der Waals surface area contributed by atoms with Crippen LogP contribution in [0, 0.1) is 0 Å². The molecule has 0 unspecified atom stereocenters. The zero-order valence-corrected chi connectivity index (χ0v) is 7.59. The molecular formula is C8H12F3N3. The molecule has 0 spiro atoms. The van der Waals surface area contributed by atoms with Crippen LogP contribution in [-0.4, -0.2) is 15.7 Å². The fraction of sp³-hybridized carbons (Fsp3) is 0.625. The Kier molecular flexibility index (Phi) is 3.51. The molecular weight excluding hydrogens is 195 g/mol. The molecule has 0 aromatic carbocycles. The van der Waals surface area contributed by atoms with Crippen molar-refractivity contribution < 1.29 is 13.2 Å². The Labute approximate surface area is 79.7 Å². The van der Waals surface area contributed by atoms with Crippen molar-refractivity contribution in [3.05, 3.63) is 18.2 Å². The number of hydrogen-bond donors (Lipinski definition) is 1. The summed E-state index contributed by atoms with van der Waals surface area (Å²) in [5, 5.41) is 0. The normalized spacial score (nSPS) is 12.0. The van der Waals surface area contributed by atoms with E-state index in [0.717, 1.165) is 0 Å². The van der Waals surface area contributed by atoms with Gasteiger partial charge in [-0.1, -0.05) is 0 Å². The summed E-state index contributed by atoms with van der Waals surface area (Å²) < 4.78 is 37.0. The van der Waals surface area contributed by atoms with Crippen molar-refractivity contribution in [3.8, 4) is 0 Å². The van der Waals surface area contributed by atoms with Gasteiger partial charge in [0.15, 0.2) is 0 Å². The van der Waals surface area contributed by atoms with Crippen LogP contribution in [0.3, 0.4) is 0 Å². The van der Waals surface area contributed by atoms with E-state index in [9.17, 15) is 13.2 Å². The number of nitrogens with two attached hydrogens (primary N) is 1. The molecule has 14 heavy (non-hydrogen) atoms. The molecule has 1 heterocycles. The summed E-state index contributed by atoms with van der Waals surface area (Å²) in [7, 11) is 0. The van der Waals surface area contributed by atoms with Gasteiger partial charge in [-0.15, -0.1) is 0 Å². The number of halogens is 3. The Morgan fingerprint density at radius 3 is 2.64 bits per heavy atom. The lowest BCUT2D eigenvalue weighted by molar-refractivity contribution is -0.135. The van der Waals surface area contributed by atoms with E-state index in [-0.39, 0.29) is 6.42 Å². The van der Waals surface area contributed by atoms with Gasteiger partial charge in [-0.3, -0.25) is 0 Å². The third kappa shape index (κ3) is 3.78. The monoisotopic (exact) mass is 207 g/mol. The molecule has 6 heteroatoms. The first-order chi connectivity index (χ1) is 6.51. The molecule has 0 atom stereocenters. The fourth-order valence-corrected chi connectivity index (χ4v) is 1.10. The van der Waals surface area contributed by atoms with E-state index in [2.05, 4.69) is 4.98 Å². The van der Waals surface area contributed by atoms with Gasteiger partial charge >= 0.3 is 6.18 Å². The maximum Gasteiger partial charge on any atom is 0.389 e. The molecule has 3 nitrogen and oxygen atoms in total. The summed E-state index contributed by atoms with van der Waals surface area (Å²) in [5.41, 5.74) is 6.00. The summed E-state index contributed by atoms with van der Waals surface area (Å²) in [5.74, 6) is 0. The minimum Gasteiger partial charge on any atom is -0.337 e. The smallest absolute Gasteiger partial charge is 0.337 e. The highest BCUT2D eigenvalue weighted by atomic mass is 19.4. The first kappa shape index (κ1) is 11.0. The zero-order valence-electron chi connectivity index (χ0n) is 7.59. The molecule has 0 bridgehead atoms. The van der Waals surface area contributed by atoms with Crippen molar-refractivity contribution in [2.24, 2.45) is 5.73 Å². The van der Waals surface area contributed by atoms with Gasteiger partial charge in [0.05, 0.1) is 12.0 Å². The summed E-state index contributed by atoms with van der Waals surface area (Å²) in [6.07, 6.45) is -1.60. The first-order valence-electron chi connectivity index (χ1n) is 4.29. The maximum atomic E-state index is 11.8. The van der Waals surface area contributed by atoms with Crippen molar-refractivity contribution >= 4 is 0 Å². The molecule has 2 N–H and O–H groups in total. The van der Waals surface area contributed by atoms with Gasteiger partial charge in [-0.05, 0) is 6.42 Å². The minimum atomic E-state index is -4.07. The molecule has 1 aromatic rings. The molecule has 0 saturated heterocycles. The van der Waals surface area contributed by atoms with E-state index in [0.29, 0.717) is 18.8 Å². The zero-order chi connectivity index (χ0) is 10.6. The summed E-state index contributed by atoms with van der Waals surface area (Å²) in [4.78, 5) is 3.91. The predicted molar refractivity (Wildman–Crippen MR) is 45.4 cm³/mol. The largest absolute Gasteiger partial charge is 0.389 e. The standard InChI is InChI=1S/C8H12F3N3/c9-8(10,11)2-1-3-14-5-7(4-12)13-6-14/h5-6H,1-4,12H2. The van der Waals surface area contributed by atoms with Crippen LogP contribution in [0.5, 0.6) is 0 Å². The molecule has 0 amide bonds. The van der Waals surface area contributed by atoms with Crippen LogP contribution in [0.2, 0.25) is 0 Å². The lowest BCUT2D eigenvalue weighted by Crippen LogP contribution is -2.08.